The highest BCUT2D eigenvalue weighted by Crippen LogP contribution is 2.49. The molecule has 1 aliphatic carbocycles. The first-order chi connectivity index (χ1) is 15.1. The van der Waals surface area contributed by atoms with Crippen molar-refractivity contribution in [1.29, 1.82) is 0 Å². The second-order valence-electron chi connectivity index (χ2n) is 9.15. The van der Waals surface area contributed by atoms with Gasteiger partial charge in [0.2, 0.25) is 0 Å². The summed E-state index contributed by atoms with van der Waals surface area (Å²) >= 11 is 0. The monoisotopic (exact) mass is 421 g/mol. The van der Waals surface area contributed by atoms with Gasteiger partial charge in [0.15, 0.2) is 0 Å². The van der Waals surface area contributed by atoms with E-state index in [1.165, 1.54) is 31.4 Å². The van der Waals surface area contributed by atoms with Gasteiger partial charge in [0.25, 0.3) is 5.91 Å². The number of carbonyl (C=O) groups is 1. The number of rotatable bonds is 8. The molecule has 2 heterocycles. The fraction of sp³-hybridized carbons (Fsp3) is 0.538. The van der Waals surface area contributed by atoms with Gasteiger partial charge in [-0.15, -0.1) is 0 Å². The summed E-state index contributed by atoms with van der Waals surface area (Å²) in [7, 11) is 0. The van der Waals surface area contributed by atoms with Crippen LogP contribution < -0.4 is 10.6 Å². The average molecular weight is 422 g/mol. The van der Waals surface area contributed by atoms with Gasteiger partial charge in [0.05, 0.1) is 5.60 Å². The van der Waals surface area contributed by atoms with Crippen LogP contribution in [0.25, 0.3) is 0 Å². The Morgan fingerprint density at radius 3 is 2.77 bits per heavy atom. The van der Waals surface area contributed by atoms with E-state index >= 15 is 0 Å². The molecule has 4 rings (SSSR count). The predicted molar refractivity (Wildman–Crippen MR) is 123 cm³/mol. The average Bonchev–Trinajstić information content (AvgIpc) is 3.25. The molecule has 0 unspecified atom stereocenters. The molecule has 1 aromatic heterocycles. The number of hydrogen-bond acceptors (Lipinski definition) is 4. The normalized spacial score (nSPS) is 22.5. The number of ether oxygens (including phenoxy) is 1. The van der Waals surface area contributed by atoms with Crippen molar-refractivity contribution >= 4 is 5.91 Å². The van der Waals surface area contributed by atoms with Gasteiger partial charge in [-0.2, -0.15) is 0 Å². The maximum Gasteiger partial charge on any atom is 0.251 e. The van der Waals surface area contributed by atoms with Crippen LogP contribution in [0.5, 0.6) is 0 Å². The maximum absolute atomic E-state index is 12.1. The van der Waals surface area contributed by atoms with E-state index in [1.807, 2.05) is 37.4 Å². The number of nitrogens with zero attached hydrogens (tertiary/aromatic N) is 1. The molecule has 1 aliphatic heterocycles. The SMILES string of the molecule is CCNC(=O)c1cccc(CNCC[C@@]2(c3ccccn3)CCOC3(CCCC3)C2)c1. The van der Waals surface area contributed by atoms with Crippen LogP contribution in [0.4, 0.5) is 0 Å². The van der Waals surface area contributed by atoms with Crippen molar-refractivity contribution in [3.05, 3.63) is 65.5 Å². The molecule has 1 saturated heterocycles. The molecule has 5 nitrogen and oxygen atoms in total. The van der Waals surface area contributed by atoms with Gasteiger partial charge in [0, 0.05) is 42.6 Å². The summed E-state index contributed by atoms with van der Waals surface area (Å²) in [6.45, 7) is 5.07. The molecule has 1 atom stereocenters. The Kier molecular flexibility index (Phi) is 7.03. The van der Waals surface area contributed by atoms with Gasteiger partial charge in [-0.3, -0.25) is 9.78 Å². The van der Waals surface area contributed by atoms with E-state index in [0.29, 0.717) is 6.54 Å². The summed E-state index contributed by atoms with van der Waals surface area (Å²) < 4.78 is 6.35. The summed E-state index contributed by atoms with van der Waals surface area (Å²) in [4.78, 5) is 16.9. The minimum Gasteiger partial charge on any atom is -0.375 e. The van der Waals surface area contributed by atoms with E-state index in [-0.39, 0.29) is 16.9 Å². The molecule has 1 aromatic carbocycles. The topological polar surface area (TPSA) is 63.2 Å². The lowest BCUT2D eigenvalue weighted by molar-refractivity contribution is -0.104. The van der Waals surface area contributed by atoms with E-state index in [0.717, 1.165) is 50.1 Å². The van der Waals surface area contributed by atoms with Crippen LogP contribution >= 0.6 is 0 Å². The van der Waals surface area contributed by atoms with Crippen molar-refractivity contribution in [2.24, 2.45) is 0 Å². The van der Waals surface area contributed by atoms with Crippen LogP contribution in [-0.4, -0.2) is 36.2 Å². The van der Waals surface area contributed by atoms with E-state index in [9.17, 15) is 4.79 Å². The molecule has 0 radical (unpaired) electrons. The lowest BCUT2D eigenvalue weighted by Gasteiger charge is -2.46. The highest BCUT2D eigenvalue weighted by atomic mass is 16.5. The Balaban J connectivity index is 1.41. The molecular weight excluding hydrogens is 386 g/mol. The Labute approximate surface area is 186 Å². The van der Waals surface area contributed by atoms with Crippen LogP contribution in [0.2, 0.25) is 0 Å². The fourth-order valence-corrected chi connectivity index (χ4v) is 5.44. The first-order valence-electron chi connectivity index (χ1n) is 11.8. The summed E-state index contributed by atoms with van der Waals surface area (Å²) in [5, 5.41) is 6.49. The third kappa shape index (κ3) is 5.16. The zero-order valence-corrected chi connectivity index (χ0v) is 18.7. The quantitative estimate of drug-likeness (QED) is 0.621. The van der Waals surface area contributed by atoms with Crippen molar-refractivity contribution in [1.82, 2.24) is 15.6 Å². The Morgan fingerprint density at radius 2 is 2.00 bits per heavy atom. The standard InChI is InChI=1S/C26H35N3O2/c1-2-28-24(30)22-9-7-8-21(18-22)19-27-16-13-25(23-10-3-6-15-29-23)14-17-31-26(20-25)11-4-5-12-26/h3,6-10,15,18,27H,2,4-5,11-14,16-17,19-20H2,1H3,(H,28,30)/t25-/m1/s1. The van der Waals surface area contributed by atoms with Crippen molar-refractivity contribution < 1.29 is 9.53 Å². The molecule has 5 heteroatoms. The second-order valence-corrected chi connectivity index (χ2v) is 9.15. The Bertz CT molecular complexity index is 864. The maximum atomic E-state index is 12.1. The van der Waals surface area contributed by atoms with Gasteiger partial charge in [-0.05, 0) is 75.4 Å². The molecule has 2 aliphatic rings. The number of carbonyl (C=O) groups excluding carboxylic acids is 1. The third-order valence-electron chi connectivity index (χ3n) is 7.01. The van der Waals surface area contributed by atoms with Crippen LogP contribution in [0.3, 0.4) is 0 Å². The summed E-state index contributed by atoms with van der Waals surface area (Å²) in [5.41, 5.74) is 3.19. The first-order valence-corrected chi connectivity index (χ1v) is 11.8. The molecule has 2 fully saturated rings. The van der Waals surface area contributed by atoms with Gasteiger partial charge in [0.1, 0.15) is 0 Å². The number of aromatic nitrogens is 1. The Hall–Kier alpha value is -2.24. The molecule has 1 spiro atoms. The van der Waals surface area contributed by atoms with Gasteiger partial charge < -0.3 is 15.4 Å². The van der Waals surface area contributed by atoms with Crippen molar-refractivity contribution in [2.45, 2.75) is 69.4 Å². The zero-order chi connectivity index (χ0) is 21.6. The minimum atomic E-state index is -0.0116. The largest absolute Gasteiger partial charge is 0.375 e. The first kappa shape index (κ1) is 22.0. The second kappa shape index (κ2) is 9.92. The van der Waals surface area contributed by atoms with Gasteiger partial charge in [-0.1, -0.05) is 31.0 Å². The minimum absolute atomic E-state index is 0.0116. The highest BCUT2D eigenvalue weighted by Gasteiger charge is 2.48. The molecule has 1 saturated carbocycles. The molecule has 0 bridgehead atoms. The predicted octanol–water partition coefficient (Wildman–Crippen LogP) is 4.37. The summed E-state index contributed by atoms with van der Waals surface area (Å²) in [6.07, 6.45) is 9.99. The Morgan fingerprint density at radius 1 is 1.13 bits per heavy atom. The van der Waals surface area contributed by atoms with Crippen LogP contribution in [0.15, 0.2) is 48.7 Å². The lowest BCUT2D eigenvalue weighted by Crippen LogP contribution is -2.47. The van der Waals surface area contributed by atoms with E-state index < -0.39 is 0 Å². The van der Waals surface area contributed by atoms with E-state index in [4.69, 9.17) is 9.72 Å². The number of benzene rings is 1. The van der Waals surface area contributed by atoms with Crippen molar-refractivity contribution in [3.8, 4) is 0 Å². The molecule has 2 aromatic rings. The van der Waals surface area contributed by atoms with E-state index in [1.54, 1.807) is 0 Å². The van der Waals surface area contributed by atoms with E-state index in [2.05, 4.69) is 28.8 Å². The zero-order valence-electron chi connectivity index (χ0n) is 18.7. The fourth-order valence-electron chi connectivity index (χ4n) is 5.44. The van der Waals surface area contributed by atoms with Gasteiger partial charge >= 0.3 is 0 Å². The molecule has 1 amide bonds. The number of amides is 1. The summed E-state index contributed by atoms with van der Waals surface area (Å²) in [6, 6.07) is 14.2. The lowest BCUT2D eigenvalue weighted by atomic mass is 9.68. The van der Waals surface area contributed by atoms with Gasteiger partial charge in [-0.25, -0.2) is 0 Å². The smallest absolute Gasteiger partial charge is 0.251 e. The van der Waals surface area contributed by atoms with Crippen LogP contribution in [0, 0.1) is 0 Å². The molecule has 2 N–H and O–H groups in total. The van der Waals surface area contributed by atoms with Crippen molar-refractivity contribution in [3.63, 3.8) is 0 Å². The van der Waals surface area contributed by atoms with Crippen molar-refractivity contribution in [2.75, 3.05) is 19.7 Å². The third-order valence-corrected chi connectivity index (χ3v) is 7.01. The molecular formula is C26H35N3O2. The molecule has 166 valence electrons. The molecule has 31 heavy (non-hydrogen) atoms. The number of nitrogens with one attached hydrogen (secondary N) is 2. The highest BCUT2D eigenvalue weighted by molar-refractivity contribution is 5.94. The number of hydrogen-bond donors (Lipinski definition) is 2. The van der Waals surface area contributed by atoms with Crippen LogP contribution in [0.1, 0.15) is 73.5 Å². The number of pyridine rings is 1. The van der Waals surface area contributed by atoms with Crippen LogP contribution in [-0.2, 0) is 16.7 Å². The summed E-state index contributed by atoms with van der Waals surface area (Å²) in [5.74, 6) is -0.0116.